The van der Waals surface area contributed by atoms with Gasteiger partial charge in [0.2, 0.25) is 5.91 Å². The van der Waals surface area contributed by atoms with Crippen LogP contribution in [0.25, 0.3) is 0 Å². The quantitative estimate of drug-likeness (QED) is 0.587. The largest absolute Gasteiger partial charge is 0.393 e. The molecule has 0 unspecified atom stereocenters. The number of hydrogen-bond acceptors (Lipinski definition) is 3. The summed E-state index contributed by atoms with van der Waals surface area (Å²) in [4.78, 5) is 11.3. The average molecular weight is 200 g/mol. The molecule has 0 bridgehead atoms. The summed E-state index contributed by atoms with van der Waals surface area (Å²) in [6.45, 7) is 3.69. The first-order chi connectivity index (χ1) is 6.50. The minimum atomic E-state index is -0.447. The van der Waals surface area contributed by atoms with Gasteiger partial charge in [0.1, 0.15) is 0 Å². The zero-order chi connectivity index (χ0) is 10.7. The van der Waals surface area contributed by atoms with Crippen LogP contribution in [-0.4, -0.2) is 29.2 Å². The Kier molecular flexibility index (Phi) is 3.89. The van der Waals surface area contributed by atoms with E-state index in [9.17, 15) is 9.90 Å². The highest BCUT2D eigenvalue weighted by Gasteiger charge is 2.27. The Hall–Kier alpha value is -0.610. The Morgan fingerprint density at radius 1 is 1.57 bits per heavy atom. The molecule has 0 aromatic carbocycles. The van der Waals surface area contributed by atoms with Gasteiger partial charge in [0, 0.05) is 6.04 Å². The summed E-state index contributed by atoms with van der Waals surface area (Å²) in [5.41, 5.74) is 5.45. The number of carbonyl (C=O) groups excluding carboxylic acids is 1. The Balaban J connectivity index is 2.37. The van der Waals surface area contributed by atoms with E-state index in [4.69, 9.17) is 5.73 Å². The lowest BCUT2D eigenvalue weighted by Gasteiger charge is -2.31. The van der Waals surface area contributed by atoms with E-state index in [1.54, 1.807) is 6.92 Å². The average Bonchev–Trinajstić information content (AvgIpc) is 2.11. The number of hydrogen-bond donors (Lipinski definition) is 3. The molecule has 0 spiro atoms. The predicted octanol–water partition coefficient (Wildman–Crippen LogP) is -0.000700. The van der Waals surface area contributed by atoms with Crippen molar-refractivity contribution in [2.75, 3.05) is 0 Å². The fraction of sp³-hybridized carbons (Fsp3) is 0.900. The maximum absolute atomic E-state index is 11.3. The van der Waals surface area contributed by atoms with Gasteiger partial charge in [-0.2, -0.15) is 0 Å². The van der Waals surface area contributed by atoms with E-state index in [-0.39, 0.29) is 24.0 Å². The normalized spacial score (nSPS) is 35.0. The van der Waals surface area contributed by atoms with Crippen LogP contribution < -0.4 is 11.1 Å². The van der Waals surface area contributed by atoms with Gasteiger partial charge in [0.05, 0.1) is 12.1 Å². The smallest absolute Gasteiger partial charge is 0.236 e. The molecule has 0 saturated heterocycles. The van der Waals surface area contributed by atoms with Crippen LogP contribution in [0.1, 0.15) is 33.1 Å². The Morgan fingerprint density at radius 2 is 2.21 bits per heavy atom. The van der Waals surface area contributed by atoms with Crippen LogP contribution in [0.3, 0.4) is 0 Å². The van der Waals surface area contributed by atoms with E-state index in [1.807, 2.05) is 6.92 Å². The third-order valence-electron chi connectivity index (χ3n) is 2.88. The number of aliphatic hydroxyl groups excluding tert-OH is 1. The molecule has 82 valence electrons. The summed E-state index contributed by atoms with van der Waals surface area (Å²) < 4.78 is 0. The predicted molar refractivity (Wildman–Crippen MR) is 54.6 cm³/mol. The number of carbonyl (C=O) groups is 1. The second-order valence-corrected chi connectivity index (χ2v) is 4.35. The molecule has 4 nitrogen and oxygen atoms in total. The summed E-state index contributed by atoms with van der Waals surface area (Å²) in [7, 11) is 0. The number of aliphatic hydroxyl groups is 1. The van der Waals surface area contributed by atoms with Crippen molar-refractivity contribution in [2.45, 2.75) is 51.3 Å². The summed E-state index contributed by atoms with van der Waals surface area (Å²) in [6.07, 6.45) is 2.26. The summed E-state index contributed by atoms with van der Waals surface area (Å²) >= 11 is 0. The van der Waals surface area contributed by atoms with Crippen LogP contribution in [0.4, 0.5) is 0 Å². The molecule has 4 N–H and O–H groups in total. The van der Waals surface area contributed by atoms with Crippen LogP contribution in [0.2, 0.25) is 0 Å². The van der Waals surface area contributed by atoms with Crippen LogP contribution in [0.15, 0.2) is 0 Å². The van der Waals surface area contributed by atoms with Gasteiger partial charge in [-0.3, -0.25) is 4.79 Å². The molecule has 1 amide bonds. The summed E-state index contributed by atoms with van der Waals surface area (Å²) in [6, 6.07) is -0.260. The molecule has 0 heterocycles. The van der Waals surface area contributed by atoms with Crippen molar-refractivity contribution in [1.29, 1.82) is 0 Å². The molecule has 0 radical (unpaired) electrons. The third kappa shape index (κ3) is 2.96. The molecule has 1 aliphatic carbocycles. The Bertz CT molecular complexity index is 206. The highest BCUT2D eigenvalue weighted by atomic mass is 16.3. The SMILES string of the molecule is C[C@@H]1C[C@@H](NC(=O)[C@@H](C)N)CC[C@H]1O. The number of nitrogens with one attached hydrogen (secondary N) is 1. The van der Waals surface area contributed by atoms with E-state index < -0.39 is 6.04 Å². The third-order valence-corrected chi connectivity index (χ3v) is 2.88. The maximum atomic E-state index is 11.3. The molecule has 1 saturated carbocycles. The first-order valence-corrected chi connectivity index (χ1v) is 5.24. The topological polar surface area (TPSA) is 75.4 Å². The van der Waals surface area contributed by atoms with E-state index in [0.29, 0.717) is 0 Å². The van der Waals surface area contributed by atoms with Gasteiger partial charge in [-0.05, 0) is 32.1 Å². The fourth-order valence-electron chi connectivity index (χ4n) is 1.84. The van der Waals surface area contributed by atoms with E-state index >= 15 is 0 Å². The van der Waals surface area contributed by atoms with Gasteiger partial charge in [-0.15, -0.1) is 0 Å². The zero-order valence-corrected chi connectivity index (χ0v) is 8.86. The van der Waals surface area contributed by atoms with Crippen LogP contribution in [0, 0.1) is 5.92 Å². The van der Waals surface area contributed by atoms with Crippen LogP contribution in [-0.2, 0) is 4.79 Å². The first-order valence-electron chi connectivity index (χ1n) is 5.24. The number of rotatable bonds is 2. The van der Waals surface area contributed by atoms with Crippen molar-refractivity contribution in [1.82, 2.24) is 5.32 Å². The maximum Gasteiger partial charge on any atom is 0.236 e. The fourth-order valence-corrected chi connectivity index (χ4v) is 1.84. The van der Waals surface area contributed by atoms with Gasteiger partial charge in [-0.1, -0.05) is 6.92 Å². The molecule has 1 rings (SSSR count). The van der Waals surface area contributed by atoms with Gasteiger partial charge < -0.3 is 16.2 Å². The molecule has 14 heavy (non-hydrogen) atoms. The van der Waals surface area contributed by atoms with E-state index in [0.717, 1.165) is 19.3 Å². The van der Waals surface area contributed by atoms with Crippen LogP contribution in [0.5, 0.6) is 0 Å². The van der Waals surface area contributed by atoms with Crippen LogP contribution >= 0.6 is 0 Å². The molecule has 0 aromatic rings. The zero-order valence-electron chi connectivity index (χ0n) is 8.86. The van der Waals surface area contributed by atoms with Gasteiger partial charge in [0.25, 0.3) is 0 Å². The van der Waals surface area contributed by atoms with Crippen molar-refractivity contribution in [2.24, 2.45) is 11.7 Å². The van der Waals surface area contributed by atoms with E-state index in [1.165, 1.54) is 0 Å². The second kappa shape index (κ2) is 4.75. The summed E-state index contributed by atoms with van der Waals surface area (Å²) in [5.74, 6) is 0.167. The molecule has 1 aliphatic rings. The lowest BCUT2D eigenvalue weighted by molar-refractivity contribution is -0.123. The van der Waals surface area contributed by atoms with Gasteiger partial charge in [0.15, 0.2) is 0 Å². The van der Waals surface area contributed by atoms with E-state index in [2.05, 4.69) is 5.32 Å². The van der Waals surface area contributed by atoms with Gasteiger partial charge in [-0.25, -0.2) is 0 Å². The van der Waals surface area contributed by atoms with Crippen molar-refractivity contribution in [3.8, 4) is 0 Å². The Labute approximate surface area is 84.9 Å². The molecule has 0 aromatic heterocycles. The minimum Gasteiger partial charge on any atom is -0.393 e. The lowest BCUT2D eigenvalue weighted by Crippen LogP contribution is -2.47. The monoisotopic (exact) mass is 200 g/mol. The minimum absolute atomic E-state index is 0.0985. The molecule has 4 heteroatoms. The van der Waals surface area contributed by atoms with Crippen molar-refractivity contribution >= 4 is 5.91 Å². The second-order valence-electron chi connectivity index (χ2n) is 4.35. The molecular weight excluding hydrogens is 180 g/mol. The van der Waals surface area contributed by atoms with Crippen molar-refractivity contribution in [3.63, 3.8) is 0 Å². The highest BCUT2D eigenvalue weighted by molar-refractivity contribution is 5.81. The highest BCUT2D eigenvalue weighted by Crippen LogP contribution is 2.24. The molecule has 0 aliphatic heterocycles. The van der Waals surface area contributed by atoms with Gasteiger partial charge >= 0.3 is 0 Å². The number of amides is 1. The number of nitrogens with two attached hydrogens (primary N) is 1. The molecule has 4 atom stereocenters. The standard InChI is InChI=1S/C10H20N2O2/c1-6-5-8(3-4-9(6)13)12-10(14)7(2)11/h6-9,13H,3-5,11H2,1-2H3,(H,12,14)/t6-,7-,8+,9-/m1/s1. The lowest BCUT2D eigenvalue weighted by atomic mass is 9.84. The first kappa shape index (κ1) is 11.5. The molecule has 1 fully saturated rings. The van der Waals surface area contributed by atoms with Crippen molar-refractivity contribution < 1.29 is 9.90 Å². The molecular formula is C10H20N2O2. The Morgan fingerprint density at radius 3 is 2.71 bits per heavy atom. The summed E-state index contributed by atoms with van der Waals surface area (Å²) in [5, 5.41) is 12.4. The van der Waals surface area contributed by atoms with Crippen molar-refractivity contribution in [3.05, 3.63) is 0 Å².